The van der Waals surface area contributed by atoms with E-state index in [4.69, 9.17) is 27.9 Å². The monoisotopic (exact) mass is 471 g/mol. The zero-order valence-corrected chi connectivity index (χ0v) is 18.4. The minimum Gasteiger partial charge on any atom is -0.489 e. The van der Waals surface area contributed by atoms with E-state index >= 15 is 0 Å². The average molecular weight is 472 g/mol. The molecule has 0 fully saturated rings. The van der Waals surface area contributed by atoms with Gasteiger partial charge in [-0.25, -0.2) is 9.37 Å². The standard InChI is InChI=1S/C23H16Cl2FN3OS/c24-17-6-9-20(21(25)11-17)22-14-31-23(28-22)29-27-12-16-2-1-3-19(10-16)30-13-15-4-7-18(26)8-5-15/h1-12,14H,13H2,(H,28,29)/b27-12-. The van der Waals surface area contributed by atoms with Gasteiger partial charge in [0.25, 0.3) is 0 Å². The van der Waals surface area contributed by atoms with Crippen molar-refractivity contribution in [2.75, 3.05) is 5.43 Å². The van der Waals surface area contributed by atoms with Crippen molar-refractivity contribution in [1.82, 2.24) is 4.98 Å². The molecule has 0 atom stereocenters. The van der Waals surface area contributed by atoms with Crippen LogP contribution in [0.3, 0.4) is 0 Å². The Morgan fingerprint density at radius 2 is 1.90 bits per heavy atom. The van der Waals surface area contributed by atoms with Crippen LogP contribution >= 0.6 is 34.5 Å². The van der Waals surface area contributed by atoms with Crippen LogP contribution in [0.5, 0.6) is 5.75 Å². The Morgan fingerprint density at radius 1 is 1.06 bits per heavy atom. The maximum absolute atomic E-state index is 13.0. The molecule has 31 heavy (non-hydrogen) atoms. The number of benzene rings is 3. The summed E-state index contributed by atoms with van der Waals surface area (Å²) in [6.07, 6.45) is 1.68. The first-order valence-corrected chi connectivity index (χ1v) is 10.9. The molecule has 0 aliphatic heterocycles. The lowest BCUT2D eigenvalue weighted by Gasteiger charge is -2.07. The number of hydrogen-bond acceptors (Lipinski definition) is 5. The number of nitrogens with zero attached hydrogens (tertiary/aromatic N) is 2. The molecule has 0 spiro atoms. The number of hydrogen-bond donors (Lipinski definition) is 1. The van der Waals surface area contributed by atoms with Crippen molar-refractivity contribution in [3.8, 4) is 17.0 Å². The van der Waals surface area contributed by atoms with Gasteiger partial charge in [-0.05, 0) is 53.6 Å². The molecule has 1 heterocycles. The highest BCUT2D eigenvalue weighted by Gasteiger charge is 2.08. The van der Waals surface area contributed by atoms with Gasteiger partial charge in [0.2, 0.25) is 5.13 Å². The predicted octanol–water partition coefficient (Wildman–Crippen LogP) is 7.28. The number of halogens is 3. The van der Waals surface area contributed by atoms with Gasteiger partial charge < -0.3 is 4.74 Å². The molecule has 1 aromatic heterocycles. The summed E-state index contributed by atoms with van der Waals surface area (Å²) in [6, 6.07) is 19.1. The summed E-state index contributed by atoms with van der Waals surface area (Å²) in [5.74, 6) is 0.431. The van der Waals surface area contributed by atoms with E-state index in [9.17, 15) is 4.39 Å². The maximum atomic E-state index is 13.0. The summed E-state index contributed by atoms with van der Waals surface area (Å²) in [6.45, 7) is 0.355. The minimum atomic E-state index is -0.266. The Bertz CT molecular complexity index is 1210. The highest BCUT2D eigenvalue weighted by molar-refractivity contribution is 7.14. The first-order chi connectivity index (χ1) is 15.1. The zero-order valence-electron chi connectivity index (χ0n) is 16.1. The fraction of sp³-hybridized carbons (Fsp3) is 0.0435. The van der Waals surface area contributed by atoms with E-state index in [-0.39, 0.29) is 5.82 Å². The summed E-state index contributed by atoms with van der Waals surface area (Å²) < 4.78 is 18.8. The second kappa shape index (κ2) is 9.92. The Hall–Kier alpha value is -2.93. The molecule has 4 aromatic rings. The lowest BCUT2D eigenvalue weighted by molar-refractivity contribution is 0.306. The summed E-state index contributed by atoms with van der Waals surface area (Å²) in [4.78, 5) is 4.50. The highest BCUT2D eigenvalue weighted by Crippen LogP contribution is 2.32. The highest BCUT2D eigenvalue weighted by atomic mass is 35.5. The fourth-order valence-corrected chi connectivity index (χ4v) is 3.90. The van der Waals surface area contributed by atoms with Crippen LogP contribution in [0.15, 0.2) is 77.2 Å². The molecular weight excluding hydrogens is 456 g/mol. The largest absolute Gasteiger partial charge is 0.489 e. The number of nitrogens with one attached hydrogen (secondary N) is 1. The van der Waals surface area contributed by atoms with E-state index < -0.39 is 0 Å². The fourth-order valence-electron chi connectivity index (χ4n) is 2.74. The molecule has 0 radical (unpaired) electrons. The quantitative estimate of drug-likeness (QED) is 0.227. The third kappa shape index (κ3) is 5.82. The third-order valence-corrected chi connectivity index (χ3v) is 5.56. The second-order valence-electron chi connectivity index (χ2n) is 6.52. The van der Waals surface area contributed by atoms with Gasteiger partial charge in [-0.2, -0.15) is 5.10 Å². The van der Waals surface area contributed by atoms with Crippen molar-refractivity contribution in [3.63, 3.8) is 0 Å². The van der Waals surface area contributed by atoms with Gasteiger partial charge in [-0.15, -0.1) is 11.3 Å². The van der Waals surface area contributed by atoms with Gasteiger partial charge in [0.1, 0.15) is 18.2 Å². The van der Waals surface area contributed by atoms with Crippen LogP contribution in [0.4, 0.5) is 9.52 Å². The van der Waals surface area contributed by atoms with Gasteiger partial charge in [0, 0.05) is 16.0 Å². The molecule has 0 saturated carbocycles. The van der Waals surface area contributed by atoms with E-state index in [0.717, 1.165) is 22.4 Å². The molecule has 8 heteroatoms. The summed E-state index contributed by atoms with van der Waals surface area (Å²) in [7, 11) is 0. The molecule has 4 rings (SSSR count). The number of aromatic nitrogens is 1. The van der Waals surface area contributed by atoms with Crippen molar-refractivity contribution in [2.24, 2.45) is 5.10 Å². The molecule has 3 aromatic carbocycles. The zero-order chi connectivity index (χ0) is 21.6. The average Bonchev–Trinajstić information content (AvgIpc) is 3.22. The first-order valence-electron chi connectivity index (χ1n) is 9.24. The van der Waals surface area contributed by atoms with E-state index in [1.54, 1.807) is 30.5 Å². The number of anilines is 1. The van der Waals surface area contributed by atoms with E-state index in [2.05, 4.69) is 15.5 Å². The molecule has 0 aliphatic carbocycles. The molecule has 0 amide bonds. The van der Waals surface area contributed by atoms with E-state index in [1.807, 2.05) is 35.7 Å². The van der Waals surface area contributed by atoms with Gasteiger partial charge in [0.15, 0.2) is 0 Å². The predicted molar refractivity (Wildman–Crippen MR) is 126 cm³/mol. The lowest BCUT2D eigenvalue weighted by atomic mass is 10.2. The van der Waals surface area contributed by atoms with Crippen molar-refractivity contribution in [1.29, 1.82) is 0 Å². The van der Waals surface area contributed by atoms with Crippen molar-refractivity contribution in [3.05, 3.63) is 99.1 Å². The van der Waals surface area contributed by atoms with Crippen molar-refractivity contribution < 1.29 is 9.13 Å². The Kier molecular flexibility index (Phi) is 6.82. The molecule has 156 valence electrons. The van der Waals surface area contributed by atoms with Gasteiger partial charge in [0.05, 0.1) is 16.9 Å². The van der Waals surface area contributed by atoms with Gasteiger partial charge in [-0.1, -0.05) is 47.5 Å². The molecule has 4 nitrogen and oxygen atoms in total. The van der Waals surface area contributed by atoms with Crippen LogP contribution in [0.1, 0.15) is 11.1 Å². The maximum Gasteiger partial charge on any atom is 0.203 e. The van der Waals surface area contributed by atoms with Gasteiger partial charge >= 0.3 is 0 Å². The topological polar surface area (TPSA) is 46.5 Å². The van der Waals surface area contributed by atoms with E-state index in [1.165, 1.54) is 23.5 Å². The summed E-state index contributed by atoms with van der Waals surface area (Å²) in [5.41, 5.74) is 6.24. The Morgan fingerprint density at radius 3 is 2.71 bits per heavy atom. The molecule has 0 saturated heterocycles. The Balaban J connectivity index is 1.36. The third-order valence-electron chi connectivity index (χ3n) is 4.26. The number of hydrazone groups is 1. The van der Waals surface area contributed by atoms with Crippen LogP contribution in [-0.4, -0.2) is 11.2 Å². The summed E-state index contributed by atoms with van der Waals surface area (Å²) >= 11 is 13.6. The number of rotatable bonds is 7. The molecule has 1 N–H and O–H groups in total. The van der Waals surface area contributed by atoms with E-state index in [0.29, 0.717) is 27.5 Å². The van der Waals surface area contributed by atoms with Crippen LogP contribution in [-0.2, 0) is 6.61 Å². The number of ether oxygens (including phenoxy) is 1. The first kappa shape index (κ1) is 21.3. The SMILES string of the molecule is Fc1ccc(COc2cccc(/C=N\Nc3nc(-c4ccc(Cl)cc4Cl)cs3)c2)cc1. The smallest absolute Gasteiger partial charge is 0.203 e. The number of thiazole rings is 1. The molecule has 0 bridgehead atoms. The van der Waals surface area contributed by atoms with Crippen molar-refractivity contribution >= 4 is 45.9 Å². The lowest BCUT2D eigenvalue weighted by Crippen LogP contribution is -1.96. The van der Waals surface area contributed by atoms with Crippen LogP contribution in [0, 0.1) is 5.82 Å². The normalized spacial score (nSPS) is 11.1. The van der Waals surface area contributed by atoms with Crippen molar-refractivity contribution in [2.45, 2.75) is 6.61 Å². The summed E-state index contributed by atoms with van der Waals surface area (Å²) in [5, 5.41) is 7.91. The Labute approximate surface area is 192 Å². The van der Waals surface area contributed by atoms with Crippen LogP contribution in [0.2, 0.25) is 10.0 Å². The second-order valence-corrected chi connectivity index (χ2v) is 8.22. The minimum absolute atomic E-state index is 0.266. The van der Waals surface area contributed by atoms with Crippen LogP contribution in [0.25, 0.3) is 11.3 Å². The van der Waals surface area contributed by atoms with Crippen LogP contribution < -0.4 is 10.2 Å². The molecule has 0 unspecified atom stereocenters. The van der Waals surface area contributed by atoms with Gasteiger partial charge in [-0.3, -0.25) is 5.43 Å². The molecule has 0 aliphatic rings. The molecular formula is C23H16Cl2FN3OS.